The third-order valence-corrected chi connectivity index (χ3v) is 4.53. The van der Waals surface area contributed by atoms with Crippen LogP contribution in [-0.2, 0) is 4.74 Å². The van der Waals surface area contributed by atoms with Crippen molar-refractivity contribution in [2.45, 2.75) is 18.5 Å². The Labute approximate surface area is 118 Å². The maximum absolute atomic E-state index is 5.68. The van der Waals surface area contributed by atoms with E-state index in [4.69, 9.17) is 4.74 Å². The SMILES string of the molecule is CN1C2C=C(c3cccc4cccnc34)CC1COC2. The number of likely N-dealkylation sites (N-methyl/N-ethyl adjacent to an activating group) is 1. The molecule has 3 nitrogen and oxygen atoms in total. The first-order valence-corrected chi connectivity index (χ1v) is 7.17. The standard InChI is InChI=1S/C17H18N2O/c1-19-14-8-13(9-15(19)11-20-10-14)16-6-2-4-12-5-3-7-18-17(12)16/h2-8,14-15H,9-11H2,1H3. The number of morpholine rings is 1. The average molecular weight is 266 g/mol. The minimum atomic E-state index is 0.400. The van der Waals surface area contributed by atoms with E-state index in [1.54, 1.807) is 0 Å². The summed E-state index contributed by atoms with van der Waals surface area (Å²) in [4.78, 5) is 7.02. The van der Waals surface area contributed by atoms with E-state index in [-0.39, 0.29) is 0 Å². The summed E-state index contributed by atoms with van der Waals surface area (Å²) in [6, 6.07) is 11.5. The van der Waals surface area contributed by atoms with Crippen molar-refractivity contribution in [1.29, 1.82) is 0 Å². The largest absolute Gasteiger partial charge is 0.378 e. The van der Waals surface area contributed by atoms with E-state index >= 15 is 0 Å². The molecule has 0 aliphatic carbocycles. The van der Waals surface area contributed by atoms with Crippen molar-refractivity contribution >= 4 is 16.5 Å². The maximum atomic E-state index is 5.68. The molecular weight excluding hydrogens is 248 g/mol. The smallest absolute Gasteiger partial charge is 0.0776 e. The first-order chi connectivity index (χ1) is 9.83. The second kappa shape index (κ2) is 4.69. The first kappa shape index (κ1) is 12.1. The van der Waals surface area contributed by atoms with Gasteiger partial charge < -0.3 is 4.74 Å². The Bertz CT molecular complexity index is 674. The number of para-hydroxylation sites is 1. The van der Waals surface area contributed by atoms with Gasteiger partial charge in [-0.3, -0.25) is 9.88 Å². The topological polar surface area (TPSA) is 25.4 Å². The van der Waals surface area contributed by atoms with Crippen molar-refractivity contribution < 1.29 is 4.74 Å². The molecule has 2 aliphatic rings. The van der Waals surface area contributed by atoms with Crippen molar-refractivity contribution in [3.8, 4) is 0 Å². The fourth-order valence-electron chi connectivity index (χ4n) is 3.32. The van der Waals surface area contributed by atoms with Gasteiger partial charge in [0.1, 0.15) is 0 Å². The molecule has 1 saturated heterocycles. The van der Waals surface area contributed by atoms with Crippen LogP contribution in [0.3, 0.4) is 0 Å². The van der Waals surface area contributed by atoms with Crippen LogP contribution < -0.4 is 0 Å². The summed E-state index contributed by atoms with van der Waals surface area (Å²) in [5.41, 5.74) is 3.82. The lowest BCUT2D eigenvalue weighted by molar-refractivity contribution is -0.0221. The van der Waals surface area contributed by atoms with E-state index < -0.39 is 0 Å². The van der Waals surface area contributed by atoms with E-state index in [0.29, 0.717) is 12.1 Å². The Kier molecular flexibility index (Phi) is 2.83. The van der Waals surface area contributed by atoms with Crippen LogP contribution in [0, 0.1) is 0 Å². The average Bonchev–Trinajstić information content (AvgIpc) is 2.46. The zero-order valence-corrected chi connectivity index (χ0v) is 11.6. The zero-order chi connectivity index (χ0) is 13.5. The van der Waals surface area contributed by atoms with Gasteiger partial charge in [0.05, 0.1) is 24.8 Å². The Balaban J connectivity index is 1.84. The molecule has 4 rings (SSSR count). The molecule has 0 saturated carbocycles. The Morgan fingerprint density at radius 2 is 2.10 bits per heavy atom. The van der Waals surface area contributed by atoms with Gasteiger partial charge in [0.25, 0.3) is 0 Å². The first-order valence-electron chi connectivity index (χ1n) is 7.17. The third kappa shape index (κ3) is 1.86. The van der Waals surface area contributed by atoms with Gasteiger partial charge >= 0.3 is 0 Å². The van der Waals surface area contributed by atoms with Crippen LogP contribution in [0.5, 0.6) is 0 Å². The molecule has 0 N–H and O–H groups in total. The number of hydrogen-bond acceptors (Lipinski definition) is 3. The quantitative estimate of drug-likeness (QED) is 0.793. The van der Waals surface area contributed by atoms with Crippen molar-refractivity contribution in [3.63, 3.8) is 0 Å². The van der Waals surface area contributed by atoms with Gasteiger partial charge in [-0.25, -0.2) is 0 Å². The number of aromatic nitrogens is 1. The highest BCUT2D eigenvalue weighted by molar-refractivity contribution is 5.91. The van der Waals surface area contributed by atoms with Crippen LogP contribution in [0.15, 0.2) is 42.6 Å². The number of nitrogens with zero attached hydrogens (tertiary/aromatic N) is 2. The van der Waals surface area contributed by atoms with Gasteiger partial charge in [-0.1, -0.05) is 30.3 Å². The van der Waals surface area contributed by atoms with Crippen molar-refractivity contribution in [3.05, 3.63) is 48.2 Å². The lowest BCUT2D eigenvalue weighted by atomic mass is 9.89. The number of hydrogen-bond donors (Lipinski definition) is 0. The highest BCUT2D eigenvalue weighted by Crippen LogP contribution is 2.33. The van der Waals surface area contributed by atoms with Gasteiger partial charge in [0, 0.05) is 23.2 Å². The molecule has 102 valence electrons. The van der Waals surface area contributed by atoms with Gasteiger partial charge in [-0.15, -0.1) is 0 Å². The lowest BCUT2D eigenvalue weighted by Gasteiger charge is -2.42. The summed E-state index contributed by atoms with van der Waals surface area (Å²) in [6.07, 6.45) is 5.28. The van der Waals surface area contributed by atoms with E-state index in [0.717, 1.165) is 25.2 Å². The Morgan fingerprint density at radius 1 is 1.20 bits per heavy atom. The molecule has 1 aromatic heterocycles. The number of benzene rings is 1. The molecule has 0 amide bonds. The van der Waals surface area contributed by atoms with Crippen LogP contribution in [0.1, 0.15) is 12.0 Å². The van der Waals surface area contributed by atoms with Crippen molar-refractivity contribution in [2.75, 3.05) is 20.3 Å². The zero-order valence-electron chi connectivity index (χ0n) is 11.6. The molecule has 3 heteroatoms. The molecule has 20 heavy (non-hydrogen) atoms. The van der Waals surface area contributed by atoms with Crippen molar-refractivity contribution in [2.24, 2.45) is 0 Å². The van der Waals surface area contributed by atoms with E-state index in [2.05, 4.69) is 47.3 Å². The van der Waals surface area contributed by atoms with Gasteiger partial charge in [0.15, 0.2) is 0 Å². The lowest BCUT2D eigenvalue weighted by Crippen LogP contribution is -2.51. The summed E-state index contributed by atoms with van der Waals surface area (Å²) in [6.45, 7) is 1.64. The molecule has 1 fully saturated rings. The fraction of sp³-hybridized carbons (Fsp3) is 0.353. The van der Waals surface area contributed by atoms with E-state index in [1.807, 2.05) is 12.3 Å². The van der Waals surface area contributed by atoms with Gasteiger partial charge in [0.2, 0.25) is 0 Å². The second-order valence-electron chi connectivity index (χ2n) is 5.70. The molecular formula is C17H18N2O. The van der Waals surface area contributed by atoms with Crippen LogP contribution >= 0.6 is 0 Å². The molecule has 2 bridgehead atoms. The molecule has 2 unspecified atom stereocenters. The monoisotopic (exact) mass is 266 g/mol. The number of fused-ring (bicyclic) bond motifs is 3. The molecule has 0 spiro atoms. The number of ether oxygens (including phenoxy) is 1. The normalized spacial score (nSPS) is 26.6. The minimum absolute atomic E-state index is 0.400. The van der Waals surface area contributed by atoms with E-state index in [1.165, 1.54) is 16.5 Å². The summed E-state index contributed by atoms with van der Waals surface area (Å²) in [7, 11) is 2.20. The predicted molar refractivity (Wildman–Crippen MR) is 80.5 cm³/mol. The van der Waals surface area contributed by atoms with Crippen LogP contribution in [-0.4, -0.2) is 42.2 Å². The van der Waals surface area contributed by atoms with Crippen molar-refractivity contribution in [1.82, 2.24) is 9.88 Å². The summed E-state index contributed by atoms with van der Waals surface area (Å²) in [5.74, 6) is 0. The Hall–Kier alpha value is -1.71. The fourth-order valence-corrected chi connectivity index (χ4v) is 3.32. The van der Waals surface area contributed by atoms with Crippen LogP contribution in [0.2, 0.25) is 0 Å². The summed E-state index contributed by atoms with van der Waals surface area (Å²) < 4.78 is 5.68. The maximum Gasteiger partial charge on any atom is 0.0776 e. The van der Waals surface area contributed by atoms with Gasteiger partial charge in [-0.2, -0.15) is 0 Å². The highest BCUT2D eigenvalue weighted by atomic mass is 16.5. The Morgan fingerprint density at radius 3 is 3.00 bits per heavy atom. The molecule has 2 aliphatic heterocycles. The number of pyridine rings is 1. The molecule has 3 heterocycles. The number of rotatable bonds is 1. The van der Waals surface area contributed by atoms with Crippen LogP contribution in [0.25, 0.3) is 16.5 Å². The molecule has 1 aromatic carbocycles. The predicted octanol–water partition coefficient (Wildman–Crippen LogP) is 2.72. The molecule has 2 atom stereocenters. The second-order valence-corrected chi connectivity index (χ2v) is 5.70. The summed E-state index contributed by atoms with van der Waals surface area (Å²) >= 11 is 0. The minimum Gasteiger partial charge on any atom is -0.378 e. The molecule has 2 aromatic rings. The molecule has 0 radical (unpaired) electrons. The van der Waals surface area contributed by atoms with Crippen LogP contribution in [0.4, 0.5) is 0 Å². The van der Waals surface area contributed by atoms with E-state index in [9.17, 15) is 0 Å². The van der Waals surface area contributed by atoms with Gasteiger partial charge in [-0.05, 0) is 25.1 Å². The highest BCUT2D eigenvalue weighted by Gasteiger charge is 2.32. The third-order valence-electron chi connectivity index (χ3n) is 4.53. The summed E-state index contributed by atoms with van der Waals surface area (Å²) in [5, 5.41) is 1.21.